The zero-order valence-corrected chi connectivity index (χ0v) is 38.2. The van der Waals surface area contributed by atoms with Crippen molar-refractivity contribution in [3.63, 3.8) is 0 Å². The van der Waals surface area contributed by atoms with Gasteiger partial charge in [-0.3, -0.25) is 14.8 Å². The third-order valence-corrected chi connectivity index (χ3v) is 12.0. The standard InChI is InChI=1S/C34H33N2O2.C15H28O2.Ir/c1-19(2)13-26-21(4)38-31-16-22(10-11-24(26)31)27-17-29(36-33-32(27)20(3)18-37-33)23-14-28(34(5,6)7)25-9-8-12-35-30(25)15-23;1-7-14(5,8-2)12(16)11-13(17)15(6,9-3)10-4;/h8-12,14,16-19H,13H2,1-7H3;11,16H,7-10H2,1-6H3;/q-1;;/b;12-11-;. The molecule has 0 amide bonds. The smallest absolute Gasteiger partial charge is 0.217 e. The van der Waals surface area contributed by atoms with Gasteiger partial charge >= 0.3 is 0 Å². The SMILES string of the molecule is CCC(C)(CC)C(=O)/C=C(\O)C(C)(CC)CC.Cc1oc2cc(-c3cc(-c4[c-]c5ncccc5c(C(C)(C)C)c4)nc4occ(C)c34)ccc2c1CC(C)C.[Ir]. The Morgan fingerprint density at radius 2 is 1.57 bits per heavy atom. The van der Waals surface area contributed by atoms with Crippen LogP contribution in [-0.2, 0) is 36.7 Å². The Morgan fingerprint density at radius 3 is 2.18 bits per heavy atom. The van der Waals surface area contributed by atoms with Crippen LogP contribution in [0.25, 0.3) is 55.4 Å². The van der Waals surface area contributed by atoms with Crippen LogP contribution in [0.2, 0.25) is 0 Å². The second kappa shape index (κ2) is 17.6. The summed E-state index contributed by atoms with van der Waals surface area (Å²) in [6.07, 6.45) is 9.36. The summed E-state index contributed by atoms with van der Waals surface area (Å²) in [5.41, 5.74) is 9.18. The number of carbonyl (C=O) groups is 1. The molecule has 0 unspecified atom stereocenters. The maximum atomic E-state index is 12.2. The van der Waals surface area contributed by atoms with Crippen LogP contribution in [0.4, 0.5) is 0 Å². The van der Waals surface area contributed by atoms with Gasteiger partial charge in [0.25, 0.3) is 0 Å². The van der Waals surface area contributed by atoms with E-state index in [-0.39, 0.29) is 47.9 Å². The Kier molecular flexibility index (Phi) is 14.0. The largest absolute Gasteiger partial charge is 0.512 e. The number of aromatic nitrogens is 2. The monoisotopic (exact) mass is 934 g/mol. The zero-order chi connectivity index (χ0) is 40.5. The minimum Gasteiger partial charge on any atom is -0.512 e. The van der Waals surface area contributed by atoms with Crippen LogP contribution < -0.4 is 0 Å². The summed E-state index contributed by atoms with van der Waals surface area (Å²) < 4.78 is 12.2. The fraction of sp³-hybridized carbons (Fsp3) is 0.449. The molecule has 6 aromatic rings. The molecular formula is C49H61IrN2O4-. The molecule has 0 fully saturated rings. The molecule has 0 aliphatic rings. The van der Waals surface area contributed by atoms with E-state index in [0.717, 1.165) is 87.7 Å². The number of allylic oxidation sites excluding steroid dienone is 2. The van der Waals surface area contributed by atoms with Crippen LogP contribution in [0.5, 0.6) is 0 Å². The van der Waals surface area contributed by atoms with E-state index >= 15 is 0 Å². The van der Waals surface area contributed by atoms with Crippen LogP contribution in [0.3, 0.4) is 0 Å². The maximum Gasteiger partial charge on any atom is 0.217 e. The van der Waals surface area contributed by atoms with E-state index in [9.17, 15) is 9.90 Å². The molecule has 0 spiro atoms. The first kappa shape index (κ1) is 44.7. The summed E-state index contributed by atoms with van der Waals surface area (Å²) in [4.78, 5) is 21.8. The Bertz CT molecular complexity index is 2350. The summed E-state index contributed by atoms with van der Waals surface area (Å²) in [5.74, 6) is 1.85. The van der Waals surface area contributed by atoms with Gasteiger partial charge < -0.3 is 13.9 Å². The predicted octanol–water partition coefficient (Wildman–Crippen LogP) is 14.0. The minimum atomic E-state index is -0.337. The molecule has 0 saturated heterocycles. The van der Waals surface area contributed by atoms with Gasteiger partial charge in [-0.05, 0) is 91.3 Å². The average Bonchev–Trinajstić information content (AvgIpc) is 3.69. The number of furan rings is 2. The summed E-state index contributed by atoms with van der Waals surface area (Å²) >= 11 is 0. The van der Waals surface area contributed by atoms with Crippen molar-refractivity contribution >= 4 is 38.8 Å². The molecule has 301 valence electrons. The molecule has 1 radical (unpaired) electrons. The first-order chi connectivity index (χ1) is 25.9. The van der Waals surface area contributed by atoms with Crippen LogP contribution in [-0.4, -0.2) is 20.9 Å². The summed E-state index contributed by atoms with van der Waals surface area (Å²) in [5, 5.41) is 13.5. The summed E-state index contributed by atoms with van der Waals surface area (Å²) in [6, 6.07) is 18.5. The van der Waals surface area contributed by atoms with Crippen LogP contribution in [0, 0.1) is 36.7 Å². The molecule has 56 heavy (non-hydrogen) atoms. The maximum absolute atomic E-state index is 12.2. The number of aryl methyl sites for hydroxylation is 2. The molecule has 1 N–H and O–H groups in total. The molecule has 0 aliphatic heterocycles. The number of hydrogen-bond acceptors (Lipinski definition) is 6. The number of nitrogens with zero attached hydrogens (tertiary/aromatic N) is 2. The minimum absolute atomic E-state index is 0. The van der Waals surface area contributed by atoms with Gasteiger partial charge in [0.2, 0.25) is 5.71 Å². The summed E-state index contributed by atoms with van der Waals surface area (Å²) in [7, 11) is 0. The van der Waals surface area contributed by atoms with E-state index in [1.807, 2.05) is 53.8 Å². The van der Waals surface area contributed by atoms with Crippen molar-refractivity contribution in [3.05, 3.63) is 95.3 Å². The third-order valence-electron chi connectivity index (χ3n) is 12.0. The van der Waals surface area contributed by atoms with Gasteiger partial charge in [0.15, 0.2) is 5.78 Å². The topological polar surface area (TPSA) is 89.4 Å². The van der Waals surface area contributed by atoms with Crippen LogP contribution in [0.15, 0.2) is 75.6 Å². The first-order valence-corrected chi connectivity index (χ1v) is 20.1. The fourth-order valence-electron chi connectivity index (χ4n) is 7.21. The number of benzene rings is 2. The molecule has 0 aliphatic carbocycles. The summed E-state index contributed by atoms with van der Waals surface area (Å²) in [6.45, 7) is 27.4. The van der Waals surface area contributed by atoms with Crippen molar-refractivity contribution in [1.29, 1.82) is 0 Å². The molecule has 6 nitrogen and oxygen atoms in total. The van der Waals surface area contributed by atoms with Crippen molar-refractivity contribution in [2.75, 3.05) is 0 Å². The van der Waals surface area contributed by atoms with Gasteiger partial charge in [0.1, 0.15) is 17.1 Å². The number of aliphatic hydroxyl groups is 1. The quantitative estimate of drug-likeness (QED) is 0.0791. The molecule has 4 heterocycles. The van der Waals surface area contributed by atoms with Crippen molar-refractivity contribution in [2.45, 2.75) is 128 Å². The Hall–Kier alpha value is -4.06. The van der Waals surface area contributed by atoms with E-state index in [1.54, 1.807) is 6.26 Å². The van der Waals surface area contributed by atoms with Gasteiger partial charge in [-0.2, -0.15) is 0 Å². The Labute approximate surface area is 347 Å². The fourth-order valence-corrected chi connectivity index (χ4v) is 7.21. The van der Waals surface area contributed by atoms with Crippen LogP contribution >= 0.6 is 0 Å². The van der Waals surface area contributed by atoms with E-state index in [1.165, 1.54) is 22.6 Å². The molecule has 4 aromatic heterocycles. The van der Waals surface area contributed by atoms with Crippen LogP contribution in [0.1, 0.15) is 124 Å². The Morgan fingerprint density at radius 1 is 0.911 bits per heavy atom. The molecule has 0 bridgehead atoms. The Balaban J connectivity index is 0.000000330. The van der Waals surface area contributed by atoms with Crippen molar-refractivity contribution in [1.82, 2.24) is 9.97 Å². The molecule has 6 rings (SSSR count). The number of hydrogen-bond donors (Lipinski definition) is 1. The molecule has 7 heteroatoms. The number of pyridine rings is 2. The van der Waals surface area contributed by atoms with Gasteiger partial charge in [-0.15, -0.1) is 23.3 Å². The number of rotatable bonds is 11. The number of aliphatic hydroxyl groups excluding tert-OH is 1. The average molecular weight is 934 g/mol. The second-order valence-corrected chi connectivity index (χ2v) is 17.3. The number of fused-ring (bicyclic) bond motifs is 3. The molecular weight excluding hydrogens is 873 g/mol. The predicted molar refractivity (Wildman–Crippen MR) is 229 cm³/mol. The van der Waals surface area contributed by atoms with E-state index in [0.29, 0.717) is 11.6 Å². The normalized spacial score (nSPS) is 12.6. The van der Waals surface area contributed by atoms with Gasteiger partial charge in [0, 0.05) is 59.5 Å². The van der Waals surface area contributed by atoms with Gasteiger partial charge in [0.05, 0.1) is 6.26 Å². The number of carbonyl (C=O) groups excluding carboxylic acids is 1. The van der Waals surface area contributed by atoms with E-state index < -0.39 is 0 Å². The molecule has 0 atom stereocenters. The second-order valence-electron chi connectivity index (χ2n) is 17.3. The van der Waals surface area contributed by atoms with Crippen molar-refractivity contribution in [2.24, 2.45) is 16.7 Å². The van der Waals surface area contributed by atoms with E-state index in [2.05, 4.69) is 95.9 Å². The zero-order valence-electron chi connectivity index (χ0n) is 35.8. The van der Waals surface area contributed by atoms with E-state index in [4.69, 9.17) is 13.8 Å². The number of ketones is 1. The third kappa shape index (κ3) is 9.05. The molecule has 0 saturated carbocycles. The van der Waals surface area contributed by atoms with Crippen molar-refractivity contribution < 1.29 is 38.8 Å². The first-order valence-electron chi connectivity index (χ1n) is 20.1. The van der Waals surface area contributed by atoms with Gasteiger partial charge in [-0.1, -0.05) is 112 Å². The van der Waals surface area contributed by atoms with Gasteiger partial charge in [-0.25, -0.2) is 0 Å². The molecule has 2 aromatic carbocycles. The van der Waals surface area contributed by atoms with Crippen molar-refractivity contribution in [3.8, 4) is 22.4 Å².